The van der Waals surface area contributed by atoms with E-state index in [9.17, 15) is 18.8 Å². The Labute approximate surface area is 219 Å². The van der Waals surface area contributed by atoms with Gasteiger partial charge in [-0.25, -0.2) is 14.1 Å². The Morgan fingerprint density at radius 1 is 0.921 bits per heavy atom. The van der Waals surface area contributed by atoms with Crippen molar-refractivity contribution in [3.8, 4) is 17.2 Å². The van der Waals surface area contributed by atoms with Crippen molar-refractivity contribution in [1.29, 1.82) is 0 Å². The van der Waals surface area contributed by atoms with E-state index in [2.05, 4.69) is 5.32 Å². The van der Waals surface area contributed by atoms with E-state index in [4.69, 9.17) is 14.2 Å². The lowest BCUT2D eigenvalue weighted by Gasteiger charge is -2.22. The molecule has 1 saturated heterocycles. The molecule has 0 aromatic heterocycles. The number of nitrogens with one attached hydrogen (secondary N) is 1. The number of hydrogen-bond donors (Lipinski definition) is 1. The fraction of sp³-hybridized carbons (Fsp3) is 0.250. The van der Waals surface area contributed by atoms with Gasteiger partial charge in [0.05, 0.1) is 33.4 Å². The second-order valence-corrected chi connectivity index (χ2v) is 8.57. The minimum Gasteiger partial charge on any atom is -0.497 e. The first kappa shape index (κ1) is 26.5. The Morgan fingerprint density at radius 2 is 1.66 bits per heavy atom. The van der Waals surface area contributed by atoms with E-state index in [1.807, 2.05) is 6.07 Å². The summed E-state index contributed by atoms with van der Waals surface area (Å²) in [5.41, 5.74) is 1.59. The summed E-state index contributed by atoms with van der Waals surface area (Å²) in [5.74, 6) is 0.161. The number of ether oxygens (including phenoxy) is 3. The number of benzene rings is 3. The maximum Gasteiger partial charge on any atom is 0.332 e. The molecule has 9 nitrogen and oxygen atoms in total. The van der Waals surface area contributed by atoms with Gasteiger partial charge in [0.25, 0.3) is 5.91 Å². The highest BCUT2D eigenvalue weighted by Crippen LogP contribution is 2.31. The molecule has 0 bridgehead atoms. The van der Waals surface area contributed by atoms with Crippen molar-refractivity contribution in [1.82, 2.24) is 4.90 Å². The third-order valence-electron chi connectivity index (χ3n) is 6.23. The lowest BCUT2D eigenvalue weighted by atomic mass is 10.1. The zero-order chi connectivity index (χ0) is 27.2. The van der Waals surface area contributed by atoms with Crippen LogP contribution in [0.4, 0.5) is 20.6 Å². The van der Waals surface area contributed by atoms with Crippen LogP contribution in [0.2, 0.25) is 0 Å². The number of nitrogens with zero attached hydrogens (tertiary/aromatic N) is 2. The van der Waals surface area contributed by atoms with Crippen LogP contribution in [0.1, 0.15) is 12.0 Å². The topological polar surface area (TPSA) is 97.4 Å². The van der Waals surface area contributed by atoms with Crippen molar-refractivity contribution < 1.29 is 33.0 Å². The highest BCUT2D eigenvalue weighted by molar-refractivity contribution is 6.22. The highest BCUT2D eigenvalue weighted by Gasteiger charge is 2.46. The summed E-state index contributed by atoms with van der Waals surface area (Å²) in [6, 6.07) is 15.7. The lowest BCUT2D eigenvalue weighted by molar-refractivity contribution is -0.124. The van der Waals surface area contributed by atoms with Gasteiger partial charge in [-0.3, -0.25) is 9.59 Å². The van der Waals surface area contributed by atoms with Gasteiger partial charge >= 0.3 is 6.03 Å². The standard InChI is InChI=1S/C28H28FN3O6/c1-36-22-6-4-5-21(16-22)32-27(34)23(17-26(33)30-20-10-8-19(29)9-11-20)31(28(32)35)14-13-18-7-12-24(37-2)25(15-18)38-3/h4-12,15-16,23H,13-14,17H2,1-3H3,(H,30,33). The van der Waals surface area contributed by atoms with Gasteiger partial charge in [0.15, 0.2) is 11.5 Å². The molecular weight excluding hydrogens is 493 g/mol. The molecule has 38 heavy (non-hydrogen) atoms. The first-order valence-corrected chi connectivity index (χ1v) is 11.9. The molecule has 0 radical (unpaired) electrons. The minimum atomic E-state index is -1.03. The normalized spacial score (nSPS) is 15.0. The van der Waals surface area contributed by atoms with Gasteiger partial charge in [0.2, 0.25) is 5.91 Å². The summed E-state index contributed by atoms with van der Waals surface area (Å²) in [4.78, 5) is 42.3. The maximum absolute atomic E-state index is 13.5. The number of hydrogen-bond acceptors (Lipinski definition) is 6. The minimum absolute atomic E-state index is 0.176. The van der Waals surface area contributed by atoms with E-state index < -0.39 is 29.7 Å². The van der Waals surface area contributed by atoms with Crippen LogP contribution in [0.3, 0.4) is 0 Å². The summed E-state index contributed by atoms with van der Waals surface area (Å²) < 4.78 is 29.1. The smallest absolute Gasteiger partial charge is 0.332 e. The van der Waals surface area contributed by atoms with Crippen LogP contribution in [0.15, 0.2) is 66.7 Å². The van der Waals surface area contributed by atoms with E-state index in [1.165, 1.54) is 43.4 Å². The van der Waals surface area contributed by atoms with Gasteiger partial charge in [-0.1, -0.05) is 12.1 Å². The van der Waals surface area contributed by atoms with Crippen molar-refractivity contribution in [2.75, 3.05) is 38.1 Å². The quantitative estimate of drug-likeness (QED) is 0.401. The van der Waals surface area contributed by atoms with E-state index >= 15 is 0 Å². The zero-order valence-electron chi connectivity index (χ0n) is 21.3. The molecule has 0 saturated carbocycles. The van der Waals surface area contributed by atoms with Gasteiger partial charge in [0.1, 0.15) is 17.6 Å². The number of rotatable bonds is 10. The molecule has 1 unspecified atom stereocenters. The third kappa shape index (κ3) is 5.69. The molecule has 1 aliphatic rings. The molecule has 10 heteroatoms. The summed E-state index contributed by atoms with van der Waals surface area (Å²) in [5, 5.41) is 2.66. The van der Waals surface area contributed by atoms with Crippen LogP contribution in [0, 0.1) is 5.82 Å². The van der Waals surface area contributed by atoms with Gasteiger partial charge in [-0.05, 0) is 60.5 Å². The molecule has 1 aliphatic heterocycles. The number of amides is 4. The van der Waals surface area contributed by atoms with Gasteiger partial charge in [-0.2, -0.15) is 0 Å². The van der Waals surface area contributed by atoms with E-state index in [-0.39, 0.29) is 13.0 Å². The van der Waals surface area contributed by atoms with Crippen molar-refractivity contribution >= 4 is 29.2 Å². The predicted octanol–water partition coefficient (Wildman–Crippen LogP) is 4.26. The Morgan fingerprint density at radius 3 is 2.34 bits per heavy atom. The van der Waals surface area contributed by atoms with Crippen LogP contribution in [-0.4, -0.2) is 56.7 Å². The molecule has 0 spiro atoms. The summed E-state index contributed by atoms with van der Waals surface area (Å²) in [6.07, 6.45) is 0.135. The second-order valence-electron chi connectivity index (χ2n) is 8.57. The molecule has 198 valence electrons. The maximum atomic E-state index is 13.5. The Kier molecular flexibility index (Phi) is 8.10. The average Bonchev–Trinajstić information content (AvgIpc) is 3.16. The van der Waals surface area contributed by atoms with E-state index in [0.29, 0.717) is 35.0 Å². The van der Waals surface area contributed by atoms with Crippen LogP contribution in [-0.2, 0) is 16.0 Å². The van der Waals surface area contributed by atoms with Crippen LogP contribution in [0.25, 0.3) is 0 Å². The van der Waals surface area contributed by atoms with Crippen LogP contribution >= 0.6 is 0 Å². The second kappa shape index (κ2) is 11.6. The number of carbonyl (C=O) groups is 3. The number of halogens is 1. The third-order valence-corrected chi connectivity index (χ3v) is 6.23. The van der Waals surface area contributed by atoms with Crippen molar-refractivity contribution in [3.05, 3.63) is 78.1 Å². The molecule has 4 amide bonds. The van der Waals surface area contributed by atoms with E-state index in [0.717, 1.165) is 10.5 Å². The molecule has 3 aromatic carbocycles. The number of anilines is 2. The zero-order valence-corrected chi connectivity index (χ0v) is 21.3. The lowest BCUT2D eigenvalue weighted by Crippen LogP contribution is -2.39. The van der Waals surface area contributed by atoms with Crippen LogP contribution in [0.5, 0.6) is 17.2 Å². The Bertz CT molecular complexity index is 1330. The summed E-state index contributed by atoms with van der Waals surface area (Å²) >= 11 is 0. The number of methoxy groups -OCH3 is 3. The van der Waals surface area contributed by atoms with E-state index in [1.54, 1.807) is 43.5 Å². The average molecular weight is 522 g/mol. The van der Waals surface area contributed by atoms with Gasteiger partial charge < -0.3 is 24.4 Å². The summed E-state index contributed by atoms with van der Waals surface area (Å²) in [7, 11) is 4.57. The fourth-order valence-corrected chi connectivity index (χ4v) is 4.28. The molecule has 1 fully saturated rings. The number of imide groups is 1. The Balaban J connectivity index is 1.58. The molecule has 0 aliphatic carbocycles. The molecule has 1 atom stereocenters. The van der Waals surface area contributed by atoms with Crippen molar-refractivity contribution in [2.45, 2.75) is 18.9 Å². The first-order valence-electron chi connectivity index (χ1n) is 11.9. The molecule has 3 aromatic rings. The first-order chi connectivity index (χ1) is 18.3. The SMILES string of the molecule is COc1cccc(N2C(=O)C(CC(=O)Nc3ccc(F)cc3)N(CCc3ccc(OC)c(OC)c3)C2=O)c1. The monoisotopic (exact) mass is 521 g/mol. The summed E-state index contributed by atoms with van der Waals surface area (Å²) in [6.45, 7) is 0.176. The van der Waals surface area contributed by atoms with Crippen LogP contribution < -0.4 is 24.4 Å². The molecule has 1 heterocycles. The number of urea groups is 1. The number of carbonyl (C=O) groups excluding carboxylic acids is 3. The van der Waals surface area contributed by atoms with Gasteiger partial charge in [-0.15, -0.1) is 0 Å². The largest absolute Gasteiger partial charge is 0.497 e. The molecule has 1 N–H and O–H groups in total. The highest BCUT2D eigenvalue weighted by atomic mass is 19.1. The van der Waals surface area contributed by atoms with Gasteiger partial charge in [0, 0.05) is 18.3 Å². The molecular formula is C28H28FN3O6. The van der Waals surface area contributed by atoms with Crippen molar-refractivity contribution in [3.63, 3.8) is 0 Å². The fourth-order valence-electron chi connectivity index (χ4n) is 4.28. The van der Waals surface area contributed by atoms with Crippen molar-refractivity contribution in [2.24, 2.45) is 0 Å². The predicted molar refractivity (Wildman–Crippen MR) is 139 cm³/mol. The Hall–Kier alpha value is -4.60. The molecule has 4 rings (SSSR count).